The van der Waals surface area contributed by atoms with Crippen LogP contribution in [0.4, 0.5) is 0 Å². The van der Waals surface area contributed by atoms with E-state index < -0.39 is 0 Å². The molecule has 4 nitrogen and oxygen atoms in total. The van der Waals surface area contributed by atoms with Crippen molar-refractivity contribution < 1.29 is 9.90 Å². The summed E-state index contributed by atoms with van der Waals surface area (Å²) >= 11 is 7.32. The highest BCUT2D eigenvalue weighted by molar-refractivity contribution is 7.16. The predicted octanol–water partition coefficient (Wildman–Crippen LogP) is 2.51. The topological polar surface area (TPSA) is 52.6 Å². The molecule has 1 aromatic heterocycles. The van der Waals surface area contributed by atoms with Crippen LogP contribution in [0, 0.1) is 0 Å². The van der Waals surface area contributed by atoms with Gasteiger partial charge in [-0.25, -0.2) is 0 Å². The Labute approximate surface area is 139 Å². The molecule has 2 rings (SSSR count). The lowest BCUT2D eigenvalue weighted by Gasteiger charge is -2.20. The number of amides is 1. The van der Waals surface area contributed by atoms with E-state index in [2.05, 4.69) is 5.32 Å². The fraction of sp³-hybridized carbons (Fsp3) is 0.312. The molecule has 0 aliphatic carbocycles. The Morgan fingerprint density at radius 1 is 1.23 bits per heavy atom. The highest BCUT2D eigenvalue weighted by atomic mass is 35.5. The van der Waals surface area contributed by atoms with Gasteiger partial charge in [0, 0.05) is 18.0 Å². The first kappa shape index (κ1) is 17.0. The van der Waals surface area contributed by atoms with Gasteiger partial charge in [0.2, 0.25) is 5.91 Å². The van der Waals surface area contributed by atoms with E-state index in [0.717, 1.165) is 14.8 Å². The molecule has 1 heterocycles. The van der Waals surface area contributed by atoms with E-state index in [-0.39, 0.29) is 19.1 Å². The molecule has 0 saturated carbocycles. The number of aliphatic hydroxyl groups is 1. The number of nitrogens with zero attached hydrogens (tertiary/aromatic N) is 1. The lowest BCUT2D eigenvalue weighted by atomic mass is 10.2. The SMILES string of the molecule is O=C(CN(CCO)Cc1ccccc1)NCc1ccc(Cl)s1. The molecule has 0 fully saturated rings. The number of carbonyl (C=O) groups is 1. The summed E-state index contributed by atoms with van der Waals surface area (Å²) < 4.78 is 0.718. The summed E-state index contributed by atoms with van der Waals surface area (Å²) in [6, 6.07) is 13.6. The largest absolute Gasteiger partial charge is 0.395 e. The van der Waals surface area contributed by atoms with Gasteiger partial charge < -0.3 is 10.4 Å². The quantitative estimate of drug-likeness (QED) is 0.777. The zero-order valence-electron chi connectivity index (χ0n) is 12.2. The third-order valence-corrected chi connectivity index (χ3v) is 4.35. The Balaban J connectivity index is 1.83. The molecule has 2 N–H and O–H groups in total. The zero-order chi connectivity index (χ0) is 15.8. The van der Waals surface area contributed by atoms with E-state index in [4.69, 9.17) is 16.7 Å². The molecule has 1 aromatic carbocycles. The molecule has 0 aliphatic rings. The first-order chi connectivity index (χ1) is 10.7. The van der Waals surface area contributed by atoms with Gasteiger partial charge in [0.15, 0.2) is 0 Å². The third kappa shape index (κ3) is 5.77. The standard InChI is InChI=1S/C16H19ClN2O2S/c17-15-7-6-14(22-15)10-18-16(21)12-19(8-9-20)11-13-4-2-1-3-5-13/h1-7,20H,8-12H2,(H,18,21). The lowest BCUT2D eigenvalue weighted by molar-refractivity contribution is -0.122. The number of rotatable bonds is 8. The summed E-state index contributed by atoms with van der Waals surface area (Å²) in [4.78, 5) is 15.0. The lowest BCUT2D eigenvalue weighted by Crippen LogP contribution is -2.37. The van der Waals surface area contributed by atoms with Crippen LogP contribution < -0.4 is 5.32 Å². The van der Waals surface area contributed by atoms with Crippen molar-refractivity contribution in [3.8, 4) is 0 Å². The van der Waals surface area contributed by atoms with Crippen molar-refractivity contribution in [2.45, 2.75) is 13.1 Å². The molecule has 0 aliphatic heterocycles. The van der Waals surface area contributed by atoms with Crippen molar-refractivity contribution in [1.82, 2.24) is 10.2 Å². The van der Waals surface area contributed by atoms with E-state index in [0.29, 0.717) is 19.6 Å². The molecule has 1 amide bonds. The van der Waals surface area contributed by atoms with Crippen LogP contribution in [-0.4, -0.2) is 35.6 Å². The number of thiophene rings is 1. The van der Waals surface area contributed by atoms with Crippen LogP contribution in [0.25, 0.3) is 0 Å². The number of hydrogen-bond donors (Lipinski definition) is 2. The van der Waals surface area contributed by atoms with Gasteiger partial charge >= 0.3 is 0 Å². The maximum Gasteiger partial charge on any atom is 0.234 e. The highest BCUT2D eigenvalue weighted by Crippen LogP contribution is 2.20. The average Bonchev–Trinajstić information content (AvgIpc) is 2.92. The van der Waals surface area contributed by atoms with Crippen LogP contribution in [0.1, 0.15) is 10.4 Å². The summed E-state index contributed by atoms with van der Waals surface area (Å²) in [6.45, 7) is 1.87. The minimum absolute atomic E-state index is 0.0284. The minimum Gasteiger partial charge on any atom is -0.395 e. The maximum atomic E-state index is 12.0. The van der Waals surface area contributed by atoms with E-state index in [1.165, 1.54) is 11.3 Å². The number of carbonyl (C=O) groups excluding carboxylic acids is 1. The Hall–Kier alpha value is -1.40. The van der Waals surface area contributed by atoms with Crippen molar-refractivity contribution in [1.29, 1.82) is 0 Å². The second-order valence-corrected chi connectivity index (χ2v) is 6.70. The van der Waals surface area contributed by atoms with Gasteiger partial charge in [0.25, 0.3) is 0 Å². The van der Waals surface area contributed by atoms with Crippen LogP contribution in [0.5, 0.6) is 0 Å². The summed E-state index contributed by atoms with van der Waals surface area (Å²) in [7, 11) is 0. The Bertz CT molecular complexity index is 589. The number of aliphatic hydroxyl groups excluding tert-OH is 1. The molecule has 0 bridgehead atoms. The molecule has 0 radical (unpaired) electrons. The molecule has 0 unspecified atom stereocenters. The van der Waals surface area contributed by atoms with Crippen molar-refractivity contribution in [2.24, 2.45) is 0 Å². The third-order valence-electron chi connectivity index (χ3n) is 3.12. The van der Waals surface area contributed by atoms with Crippen LogP contribution >= 0.6 is 22.9 Å². The van der Waals surface area contributed by atoms with Crippen molar-refractivity contribution in [2.75, 3.05) is 19.7 Å². The monoisotopic (exact) mass is 338 g/mol. The number of nitrogens with one attached hydrogen (secondary N) is 1. The van der Waals surface area contributed by atoms with Crippen molar-refractivity contribution in [3.05, 3.63) is 57.2 Å². The van der Waals surface area contributed by atoms with Crippen LogP contribution in [-0.2, 0) is 17.9 Å². The molecule has 0 atom stereocenters. The zero-order valence-corrected chi connectivity index (χ0v) is 13.7. The summed E-state index contributed by atoms with van der Waals surface area (Å²) in [6.07, 6.45) is 0. The number of hydrogen-bond acceptors (Lipinski definition) is 4. The maximum absolute atomic E-state index is 12.0. The summed E-state index contributed by atoms with van der Waals surface area (Å²) in [5.41, 5.74) is 1.12. The summed E-state index contributed by atoms with van der Waals surface area (Å²) in [5, 5.41) is 12.0. The van der Waals surface area contributed by atoms with Crippen LogP contribution in [0.2, 0.25) is 4.34 Å². The number of benzene rings is 1. The first-order valence-corrected chi connectivity index (χ1v) is 8.25. The van der Waals surface area contributed by atoms with E-state index in [1.807, 2.05) is 47.4 Å². The Morgan fingerprint density at radius 3 is 2.64 bits per heavy atom. The molecule has 0 saturated heterocycles. The normalized spacial score (nSPS) is 10.9. The van der Waals surface area contributed by atoms with E-state index >= 15 is 0 Å². The fourth-order valence-corrected chi connectivity index (χ4v) is 3.12. The van der Waals surface area contributed by atoms with Gasteiger partial charge in [0.1, 0.15) is 0 Å². The van der Waals surface area contributed by atoms with Gasteiger partial charge in [-0.3, -0.25) is 9.69 Å². The van der Waals surface area contributed by atoms with Crippen molar-refractivity contribution in [3.63, 3.8) is 0 Å². The molecule has 0 spiro atoms. The second-order valence-electron chi connectivity index (χ2n) is 4.90. The van der Waals surface area contributed by atoms with Crippen LogP contribution in [0.3, 0.4) is 0 Å². The average molecular weight is 339 g/mol. The number of halogens is 1. The van der Waals surface area contributed by atoms with Crippen LogP contribution in [0.15, 0.2) is 42.5 Å². The first-order valence-electron chi connectivity index (χ1n) is 7.05. The van der Waals surface area contributed by atoms with Crippen molar-refractivity contribution >= 4 is 28.8 Å². The van der Waals surface area contributed by atoms with Gasteiger partial charge in [-0.15, -0.1) is 11.3 Å². The Morgan fingerprint density at radius 2 is 2.00 bits per heavy atom. The molecule has 118 valence electrons. The van der Waals surface area contributed by atoms with Gasteiger partial charge in [-0.05, 0) is 17.7 Å². The highest BCUT2D eigenvalue weighted by Gasteiger charge is 2.11. The smallest absolute Gasteiger partial charge is 0.234 e. The molecular weight excluding hydrogens is 320 g/mol. The minimum atomic E-state index is -0.0612. The fourth-order valence-electron chi connectivity index (χ4n) is 2.09. The predicted molar refractivity (Wildman–Crippen MR) is 90.0 cm³/mol. The molecule has 2 aromatic rings. The van der Waals surface area contributed by atoms with E-state index in [9.17, 15) is 4.79 Å². The Kier molecular flexibility index (Phi) is 6.86. The molecule has 6 heteroatoms. The van der Waals surface area contributed by atoms with Gasteiger partial charge in [-0.2, -0.15) is 0 Å². The van der Waals surface area contributed by atoms with Gasteiger partial charge in [0.05, 0.1) is 24.0 Å². The van der Waals surface area contributed by atoms with E-state index in [1.54, 1.807) is 0 Å². The summed E-state index contributed by atoms with van der Waals surface area (Å²) in [5.74, 6) is -0.0612. The molecule has 22 heavy (non-hydrogen) atoms. The molecular formula is C16H19ClN2O2S. The van der Waals surface area contributed by atoms with Gasteiger partial charge in [-0.1, -0.05) is 41.9 Å². The second kappa shape index (κ2) is 8.90.